The van der Waals surface area contributed by atoms with E-state index in [-0.39, 0.29) is 42.8 Å². The molecular weight excluding hydrogens is 258 g/mol. The molecule has 0 saturated carbocycles. The Morgan fingerprint density at radius 1 is 1.58 bits per heavy atom. The summed E-state index contributed by atoms with van der Waals surface area (Å²) in [5.41, 5.74) is 0. The summed E-state index contributed by atoms with van der Waals surface area (Å²) < 4.78 is 0. The summed E-state index contributed by atoms with van der Waals surface area (Å²) >= 11 is 0. The third-order valence-corrected chi connectivity index (χ3v) is 1.14. The summed E-state index contributed by atoms with van der Waals surface area (Å²) in [6, 6.07) is 0. The van der Waals surface area contributed by atoms with Crippen LogP contribution in [0.15, 0.2) is 9.98 Å². The van der Waals surface area contributed by atoms with Gasteiger partial charge in [-0.2, -0.15) is 5.92 Å². The molecule has 1 aliphatic rings. The Labute approximate surface area is 105 Å². The third kappa shape index (κ3) is 17.0. The monoisotopic (exact) mass is 274 g/mol. The van der Waals surface area contributed by atoms with Gasteiger partial charge >= 0.3 is 18.9 Å². The molecule has 1 heterocycles. The van der Waals surface area contributed by atoms with Gasteiger partial charge in [0.2, 0.25) is 0 Å². The number of hydrogen-bond donors (Lipinski definition) is 0. The van der Waals surface area contributed by atoms with Gasteiger partial charge in [-0.15, -0.1) is 24.0 Å². The first kappa shape index (κ1) is 18.5. The van der Waals surface area contributed by atoms with Gasteiger partial charge in [0, 0.05) is 6.21 Å². The second-order valence-corrected chi connectivity index (χ2v) is 2.33. The minimum absolute atomic E-state index is 0. The molecule has 0 N–H and O–H groups in total. The Hall–Kier alpha value is 0.667. The summed E-state index contributed by atoms with van der Waals surface area (Å²) in [6.45, 7) is 8.78. The Balaban J connectivity index is -0.000000116. The average molecular weight is 274 g/mol. The zero-order valence-electron chi connectivity index (χ0n) is 8.16. The van der Waals surface area contributed by atoms with Gasteiger partial charge in [-0.3, -0.25) is 4.99 Å². The largest absolute Gasteiger partial charge is 1.00 e. The smallest absolute Gasteiger partial charge is 0.341 e. The maximum Gasteiger partial charge on any atom is 1.00 e. The zero-order chi connectivity index (χ0) is 7.82. The van der Waals surface area contributed by atoms with Gasteiger partial charge in [-0.1, -0.05) is 20.3 Å². The number of aliphatic imine (C=N–C) groups is 2. The van der Waals surface area contributed by atoms with Crippen LogP contribution in [0.1, 0.15) is 20.3 Å². The Kier molecular flexibility index (Phi) is 21.8. The Morgan fingerprint density at radius 2 is 2.08 bits per heavy atom. The van der Waals surface area contributed by atoms with E-state index in [9.17, 15) is 0 Å². The summed E-state index contributed by atoms with van der Waals surface area (Å²) in [6.07, 6.45) is 4.51. The number of nitrogens with zero attached hydrogens (tertiary/aromatic N) is 2. The van der Waals surface area contributed by atoms with E-state index in [4.69, 9.17) is 0 Å². The Bertz CT molecular complexity index is 114. The van der Waals surface area contributed by atoms with Crippen LogP contribution in [0.3, 0.4) is 0 Å². The van der Waals surface area contributed by atoms with Crippen LogP contribution in [0.5, 0.6) is 0 Å². The molecule has 0 aliphatic carbocycles. The van der Waals surface area contributed by atoms with Crippen molar-refractivity contribution in [3.63, 3.8) is 0 Å². The molecule has 0 fully saturated rings. The second kappa shape index (κ2) is 14.2. The van der Waals surface area contributed by atoms with Gasteiger partial charge in [0.1, 0.15) is 6.34 Å². The molecule has 4 heteroatoms. The van der Waals surface area contributed by atoms with Gasteiger partial charge in [-0.25, -0.2) is 4.99 Å². The fourth-order valence-corrected chi connectivity index (χ4v) is 0.236. The van der Waals surface area contributed by atoms with E-state index >= 15 is 0 Å². The first-order valence-corrected chi connectivity index (χ1v) is 3.60. The average Bonchev–Trinajstić information content (AvgIpc) is 2.43. The van der Waals surface area contributed by atoms with Crippen molar-refractivity contribution in [1.29, 1.82) is 0 Å². The Morgan fingerprint density at radius 3 is 2.17 bits per heavy atom. The minimum atomic E-state index is 0. The van der Waals surface area contributed by atoms with Crippen molar-refractivity contribution in [3.8, 4) is 0 Å². The van der Waals surface area contributed by atoms with Gasteiger partial charge in [0.25, 0.3) is 0 Å². The molecule has 1 unspecified atom stereocenters. The molecule has 0 spiro atoms. The predicted octanol–water partition coefficient (Wildman–Crippen LogP) is -0.412. The topological polar surface area (TPSA) is 24.7 Å². The minimum Gasteiger partial charge on any atom is -0.341 e. The maximum absolute atomic E-state index is 3.76. The van der Waals surface area contributed by atoms with E-state index in [1.165, 1.54) is 6.42 Å². The van der Waals surface area contributed by atoms with Crippen LogP contribution >= 0.6 is 24.0 Å². The van der Waals surface area contributed by atoms with Gasteiger partial charge in [-0.05, 0) is 0 Å². The summed E-state index contributed by atoms with van der Waals surface area (Å²) in [4.78, 5) is 7.40. The van der Waals surface area contributed by atoms with Crippen LogP contribution in [0.25, 0.3) is 0 Å². The predicted molar refractivity (Wildman–Crippen MR) is 62.1 cm³/mol. The molecule has 0 amide bonds. The van der Waals surface area contributed by atoms with Crippen molar-refractivity contribution in [2.24, 2.45) is 15.9 Å². The van der Waals surface area contributed by atoms with Crippen molar-refractivity contribution in [2.75, 3.05) is 6.54 Å². The molecule has 1 rings (SSSR count). The van der Waals surface area contributed by atoms with E-state index in [1.54, 1.807) is 12.6 Å². The van der Waals surface area contributed by atoms with E-state index in [1.807, 2.05) is 0 Å². The first-order valence-electron chi connectivity index (χ1n) is 3.60. The molecule has 0 radical (unpaired) electrons. The molecule has 12 heavy (non-hydrogen) atoms. The second-order valence-electron chi connectivity index (χ2n) is 2.33. The van der Waals surface area contributed by atoms with Gasteiger partial charge in [0.15, 0.2) is 0 Å². The molecule has 66 valence electrons. The molecule has 0 aromatic carbocycles. The van der Waals surface area contributed by atoms with Gasteiger partial charge < -0.3 is 6.92 Å². The summed E-state index contributed by atoms with van der Waals surface area (Å²) in [7, 11) is 0. The molecule has 2 nitrogen and oxygen atoms in total. The summed E-state index contributed by atoms with van der Waals surface area (Å²) in [5, 5.41) is 0. The summed E-state index contributed by atoms with van der Waals surface area (Å²) in [5.74, 6) is 0.634. The van der Waals surface area contributed by atoms with E-state index in [0.717, 1.165) is 6.54 Å². The standard InChI is InChI=1S/C5H11.C3H4N2.HI.Li/c1-4-5(2)3;1-2-5-3-4-1;;/h5H,2,4H2,1,3H3;1,3H,2H2;1H;/q-1;;;+1. The van der Waals surface area contributed by atoms with Crippen LogP contribution in [-0.4, -0.2) is 19.1 Å². The van der Waals surface area contributed by atoms with Crippen LogP contribution in [0, 0.1) is 12.8 Å². The van der Waals surface area contributed by atoms with Crippen molar-refractivity contribution >= 4 is 36.5 Å². The fraction of sp³-hybridized carbons (Fsp3) is 0.625. The molecule has 1 aliphatic heterocycles. The van der Waals surface area contributed by atoms with E-state index < -0.39 is 0 Å². The number of halogens is 1. The van der Waals surface area contributed by atoms with E-state index in [2.05, 4.69) is 30.8 Å². The number of hydrogen-bond acceptors (Lipinski definition) is 2. The maximum atomic E-state index is 3.76. The van der Waals surface area contributed by atoms with Crippen LogP contribution in [0.2, 0.25) is 0 Å². The molecule has 1 atom stereocenters. The molecule has 0 aromatic rings. The third-order valence-electron chi connectivity index (χ3n) is 1.14. The first-order chi connectivity index (χ1) is 4.77. The molecule has 0 bridgehead atoms. The fourth-order valence-electron chi connectivity index (χ4n) is 0.236. The van der Waals surface area contributed by atoms with Gasteiger partial charge in [0.05, 0.1) is 6.54 Å². The van der Waals surface area contributed by atoms with Crippen molar-refractivity contribution in [2.45, 2.75) is 20.3 Å². The van der Waals surface area contributed by atoms with Crippen molar-refractivity contribution in [1.82, 2.24) is 0 Å². The van der Waals surface area contributed by atoms with E-state index in [0.29, 0.717) is 5.92 Å². The quantitative estimate of drug-likeness (QED) is 0.353. The number of rotatable bonds is 1. The molecular formula is C8H16ILiN2. The van der Waals surface area contributed by atoms with Crippen LogP contribution in [-0.2, 0) is 0 Å². The molecule has 0 aromatic heterocycles. The van der Waals surface area contributed by atoms with Crippen molar-refractivity contribution in [3.05, 3.63) is 6.92 Å². The van der Waals surface area contributed by atoms with Crippen LogP contribution < -0.4 is 18.9 Å². The van der Waals surface area contributed by atoms with Crippen LogP contribution in [0.4, 0.5) is 0 Å². The molecule has 0 saturated heterocycles. The zero-order valence-corrected chi connectivity index (χ0v) is 10.5. The SMILES string of the molecule is C1=NC=NC1.I.[CH2-]C(C)CC.[Li+]. The van der Waals surface area contributed by atoms with Crippen molar-refractivity contribution < 1.29 is 18.9 Å². The normalized spacial score (nSPS) is 13.6.